The first-order valence-corrected chi connectivity index (χ1v) is 34.6. The Morgan fingerprint density at radius 2 is 0.679 bits per heavy atom. The van der Waals surface area contributed by atoms with Crippen molar-refractivity contribution in [1.82, 2.24) is 5.32 Å². The first kappa shape index (κ1) is 75.6. The van der Waals surface area contributed by atoms with E-state index in [-0.39, 0.29) is 18.5 Å². The Labute approximate surface area is 486 Å². The van der Waals surface area contributed by atoms with Gasteiger partial charge in [0.25, 0.3) is 0 Å². The molecule has 0 heterocycles. The SMILES string of the molecule is CCCCC/C=C\C/C=C\CCCCCCCCCC(=O)OCCCCC/C=C\C=C/CCCCCCCCCCCCC(=O)NC(CO)C(O)/C=C/CCCCCCCCCCCCCCCCCCCCCCCCC. The zero-order valence-electron chi connectivity index (χ0n) is 52.1. The summed E-state index contributed by atoms with van der Waals surface area (Å²) in [6, 6.07) is -0.639. The second-order valence-electron chi connectivity index (χ2n) is 23.5. The van der Waals surface area contributed by atoms with E-state index in [1.165, 1.54) is 250 Å². The summed E-state index contributed by atoms with van der Waals surface area (Å²) in [5, 5.41) is 23.3. The van der Waals surface area contributed by atoms with Crippen molar-refractivity contribution < 1.29 is 24.5 Å². The topological polar surface area (TPSA) is 95.9 Å². The van der Waals surface area contributed by atoms with Gasteiger partial charge in [-0.3, -0.25) is 9.59 Å². The van der Waals surface area contributed by atoms with Crippen LogP contribution >= 0.6 is 0 Å². The van der Waals surface area contributed by atoms with E-state index in [0.29, 0.717) is 19.4 Å². The van der Waals surface area contributed by atoms with Gasteiger partial charge in [-0.15, -0.1) is 0 Å². The third-order valence-electron chi connectivity index (χ3n) is 15.8. The van der Waals surface area contributed by atoms with Gasteiger partial charge >= 0.3 is 5.97 Å². The average molecular weight is 1090 g/mol. The van der Waals surface area contributed by atoms with Crippen LogP contribution < -0.4 is 5.32 Å². The third-order valence-corrected chi connectivity index (χ3v) is 15.8. The van der Waals surface area contributed by atoms with Crippen LogP contribution in [-0.4, -0.2) is 47.4 Å². The Hall–Kier alpha value is -2.44. The molecule has 0 fully saturated rings. The maximum atomic E-state index is 12.5. The van der Waals surface area contributed by atoms with Gasteiger partial charge in [-0.1, -0.05) is 312 Å². The molecule has 0 aromatic rings. The molecular formula is C72H133NO5. The van der Waals surface area contributed by atoms with Crippen LogP contribution in [0.25, 0.3) is 0 Å². The number of carbonyl (C=O) groups excluding carboxylic acids is 2. The van der Waals surface area contributed by atoms with E-state index in [2.05, 4.69) is 67.8 Å². The number of rotatable bonds is 64. The van der Waals surface area contributed by atoms with Crippen molar-refractivity contribution in [2.75, 3.05) is 13.2 Å². The highest BCUT2D eigenvalue weighted by atomic mass is 16.5. The number of nitrogens with one attached hydrogen (secondary N) is 1. The lowest BCUT2D eigenvalue weighted by molar-refractivity contribution is -0.143. The Balaban J connectivity index is 3.50. The number of carbonyl (C=O) groups is 2. The second-order valence-corrected chi connectivity index (χ2v) is 23.5. The fourth-order valence-electron chi connectivity index (χ4n) is 10.5. The minimum absolute atomic E-state index is 0.0218. The van der Waals surface area contributed by atoms with Gasteiger partial charge in [0.1, 0.15) is 0 Å². The maximum absolute atomic E-state index is 12.5. The summed E-state index contributed by atoms with van der Waals surface area (Å²) in [4.78, 5) is 24.6. The number of amides is 1. The summed E-state index contributed by atoms with van der Waals surface area (Å²) < 4.78 is 5.46. The normalized spacial score (nSPS) is 12.9. The molecule has 0 bridgehead atoms. The van der Waals surface area contributed by atoms with Gasteiger partial charge in [-0.25, -0.2) is 0 Å². The molecule has 0 radical (unpaired) electrons. The molecule has 0 aliphatic carbocycles. The van der Waals surface area contributed by atoms with Crippen LogP contribution in [-0.2, 0) is 14.3 Å². The van der Waals surface area contributed by atoms with Crippen molar-refractivity contribution in [3.63, 3.8) is 0 Å². The van der Waals surface area contributed by atoms with Crippen molar-refractivity contribution >= 4 is 11.9 Å². The van der Waals surface area contributed by atoms with Crippen LogP contribution in [0, 0.1) is 0 Å². The quantitative estimate of drug-likeness (QED) is 0.0244. The van der Waals surface area contributed by atoms with Gasteiger partial charge in [-0.2, -0.15) is 0 Å². The standard InChI is InChI=1S/C72H133NO5/c1-3-5-7-9-11-13-15-17-19-21-22-23-24-25-26-27-29-33-36-40-44-48-52-56-60-64-70(75)69(68-74)73-71(76)65-61-57-53-49-45-41-37-34-30-28-31-35-39-43-47-51-55-59-63-67-78-72(77)66-62-58-54-50-46-42-38-32-20-18-16-14-12-10-8-6-4-2/h12,14,18,20,35,39,43,47,60,64,69-70,74-75H,3-11,13,15-17,19,21-34,36-38,40-42,44-46,48-59,61-63,65-68H2,1-2H3,(H,73,76)/b14-12-,20-18-,39-35-,47-43-,64-60+. The molecule has 6 heteroatoms. The molecule has 6 nitrogen and oxygen atoms in total. The molecule has 2 atom stereocenters. The molecule has 0 saturated heterocycles. The van der Waals surface area contributed by atoms with Gasteiger partial charge in [0.2, 0.25) is 5.91 Å². The van der Waals surface area contributed by atoms with E-state index in [0.717, 1.165) is 83.5 Å². The lowest BCUT2D eigenvalue weighted by Crippen LogP contribution is -2.45. The average Bonchev–Trinajstić information content (AvgIpc) is 3.44. The van der Waals surface area contributed by atoms with Crippen molar-refractivity contribution in [3.05, 3.63) is 60.8 Å². The largest absolute Gasteiger partial charge is 0.466 e. The zero-order valence-corrected chi connectivity index (χ0v) is 52.1. The lowest BCUT2D eigenvalue weighted by atomic mass is 10.0. The zero-order chi connectivity index (χ0) is 56.4. The molecule has 0 saturated carbocycles. The van der Waals surface area contributed by atoms with Gasteiger partial charge in [0, 0.05) is 12.8 Å². The summed E-state index contributed by atoms with van der Waals surface area (Å²) in [5.41, 5.74) is 0. The van der Waals surface area contributed by atoms with Crippen LogP contribution in [0.1, 0.15) is 361 Å². The van der Waals surface area contributed by atoms with Crippen molar-refractivity contribution in [2.24, 2.45) is 0 Å². The van der Waals surface area contributed by atoms with Crippen LogP contribution in [0.2, 0.25) is 0 Å². The highest BCUT2D eigenvalue weighted by Crippen LogP contribution is 2.18. The summed E-state index contributed by atoms with van der Waals surface area (Å²) in [5.74, 6) is -0.0972. The molecule has 3 N–H and O–H groups in total. The highest BCUT2D eigenvalue weighted by Gasteiger charge is 2.18. The minimum Gasteiger partial charge on any atom is -0.466 e. The number of hydrogen-bond donors (Lipinski definition) is 3. The van der Waals surface area contributed by atoms with Gasteiger partial charge < -0.3 is 20.3 Å². The van der Waals surface area contributed by atoms with E-state index in [1.807, 2.05) is 6.08 Å². The van der Waals surface area contributed by atoms with Crippen LogP contribution in [0.15, 0.2) is 60.8 Å². The minimum atomic E-state index is -0.855. The Kier molecular flexibility index (Phi) is 65.0. The molecule has 2 unspecified atom stereocenters. The molecule has 0 spiro atoms. The van der Waals surface area contributed by atoms with Crippen molar-refractivity contribution in [3.8, 4) is 0 Å². The molecule has 0 aliphatic heterocycles. The number of esters is 1. The van der Waals surface area contributed by atoms with Gasteiger partial charge in [0.05, 0.1) is 25.4 Å². The van der Waals surface area contributed by atoms with E-state index >= 15 is 0 Å². The predicted molar refractivity (Wildman–Crippen MR) is 342 cm³/mol. The monoisotopic (exact) mass is 1090 g/mol. The second kappa shape index (κ2) is 67.1. The van der Waals surface area contributed by atoms with E-state index in [4.69, 9.17) is 4.74 Å². The highest BCUT2D eigenvalue weighted by molar-refractivity contribution is 5.76. The molecule has 0 rings (SSSR count). The van der Waals surface area contributed by atoms with Gasteiger partial charge in [0.15, 0.2) is 0 Å². The lowest BCUT2D eigenvalue weighted by Gasteiger charge is -2.20. The van der Waals surface area contributed by atoms with Crippen LogP contribution in [0.4, 0.5) is 0 Å². The van der Waals surface area contributed by atoms with Gasteiger partial charge in [-0.05, 0) is 96.3 Å². The molecule has 456 valence electrons. The van der Waals surface area contributed by atoms with Crippen LogP contribution in [0.5, 0.6) is 0 Å². The number of aliphatic hydroxyl groups excluding tert-OH is 2. The number of ether oxygens (including phenoxy) is 1. The smallest absolute Gasteiger partial charge is 0.305 e. The molecule has 0 aliphatic rings. The number of unbranched alkanes of at least 4 members (excludes halogenated alkanes) is 46. The first-order chi connectivity index (χ1) is 38.5. The maximum Gasteiger partial charge on any atom is 0.305 e. The number of allylic oxidation sites excluding steroid dienone is 9. The predicted octanol–water partition coefficient (Wildman–Crippen LogP) is 22.3. The molecule has 0 aromatic carbocycles. The number of hydrogen-bond acceptors (Lipinski definition) is 5. The van der Waals surface area contributed by atoms with Crippen molar-refractivity contribution in [1.29, 1.82) is 0 Å². The Morgan fingerprint density at radius 1 is 0.372 bits per heavy atom. The Morgan fingerprint density at radius 3 is 1.08 bits per heavy atom. The summed E-state index contributed by atoms with van der Waals surface area (Å²) in [7, 11) is 0. The fourth-order valence-corrected chi connectivity index (χ4v) is 10.5. The summed E-state index contributed by atoms with van der Waals surface area (Å²) >= 11 is 0. The van der Waals surface area contributed by atoms with E-state index < -0.39 is 12.1 Å². The van der Waals surface area contributed by atoms with E-state index in [9.17, 15) is 19.8 Å². The first-order valence-electron chi connectivity index (χ1n) is 34.6. The fraction of sp³-hybridized carbons (Fsp3) is 0.833. The third kappa shape index (κ3) is 62.8. The number of aliphatic hydroxyl groups is 2. The molecule has 1 amide bonds. The Bertz CT molecular complexity index is 1350. The summed E-state index contributed by atoms with van der Waals surface area (Å²) in [6.07, 6.45) is 88.5. The molecular weight excluding hydrogens is 959 g/mol. The van der Waals surface area contributed by atoms with Crippen LogP contribution in [0.3, 0.4) is 0 Å². The van der Waals surface area contributed by atoms with Crippen molar-refractivity contribution in [2.45, 2.75) is 373 Å². The molecule has 78 heavy (non-hydrogen) atoms. The summed E-state index contributed by atoms with van der Waals surface area (Å²) in [6.45, 7) is 4.86. The van der Waals surface area contributed by atoms with E-state index in [1.54, 1.807) is 6.08 Å². The molecule has 0 aromatic heterocycles.